The molecule has 5 heterocycles. The third-order valence-corrected chi connectivity index (χ3v) is 6.13. The van der Waals surface area contributed by atoms with Crippen molar-refractivity contribution in [1.29, 1.82) is 0 Å². The fourth-order valence-electron chi connectivity index (χ4n) is 4.38. The van der Waals surface area contributed by atoms with Crippen LogP contribution in [0.15, 0.2) is 110 Å². The Morgan fingerprint density at radius 2 is 1.26 bits per heavy atom. The van der Waals surface area contributed by atoms with Gasteiger partial charge in [-0.1, -0.05) is 42.5 Å². The van der Waals surface area contributed by atoms with E-state index in [2.05, 4.69) is 111 Å². The molecule has 0 saturated heterocycles. The molecule has 6 aromatic rings. The molecule has 6 rings (SSSR count). The van der Waals surface area contributed by atoms with E-state index in [0.717, 1.165) is 59.2 Å². The van der Waals surface area contributed by atoms with Gasteiger partial charge in [0.05, 0.1) is 22.8 Å². The molecule has 0 atom stereocenters. The Morgan fingerprint density at radius 3 is 1.79 bits per heavy atom. The number of aromatic amines is 1. The molecule has 5 aromatic heterocycles. The first kappa shape index (κ1) is 34.2. The molecule has 0 unspecified atom stereocenters. The van der Waals surface area contributed by atoms with Crippen molar-refractivity contribution in [2.24, 2.45) is 0 Å². The average molecular weight is 654 g/mol. The molecule has 0 bridgehead atoms. The second-order valence-corrected chi connectivity index (χ2v) is 8.76. The molecule has 0 aliphatic rings. The van der Waals surface area contributed by atoms with Gasteiger partial charge in [-0.15, -0.1) is 0 Å². The monoisotopic (exact) mass is 652 g/mol. The van der Waals surface area contributed by atoms with E-state index in [0.29, 0.717) is 0 Å². The van der Waals surface area contributed by atoms with E-state index >= 15 is 0 Å². The van der Waals surface area contributed by atoms with E-state index < -0.39 is 0 Å². The zero-order valence-corrected chi connectivity index (χ0v) is 24.7. The number of nitrogens with one attached hydrogen (secondary N) is 1. The molecular weight excluding hydrogens is 628 g/mol. The van der Waals surface area contributed by atoms with Crippen LogP contribution in [-0.2, 0) is 54.1 Å². The topological polar surface area (TPSA) is 126 Å². The van der Waals surface area contributed by atoms with E-state index in [1.54, 1.807) is 6.20 Å². The molecule has 4 radical (unpaired) electrons. The summed E-state index contributed by atoms with van der Waals surface area (Å²) in [4.78, 5) is 38.8. The van der Waals surface area contributed by atoms with Crippen LogP contribution < -0.4 is 0 Å². The van der Waals surface area contributed by atoms with Crippen molar-refractivity contribution in [3.8, 4) is 22.5 Å². The molecule has 0 aliphatic carbocycles. The first-order valence-corrected chi connectivity index (χ1v) is 12.5. The van der Waals surface area contributed by atoms with Crippen molar-refractivity contribution in [1.82, 2.24) is 34.4 Å². The first-order chi connectivity index (χ1) is 20.8. The van der Waals surface area contributed by atoms with Crippen molar-refractivity contribution < 1.29 is 34.5 Å². The third-order valence-electron chi connectivity index (χ3n) is 6.13. The van der Waals surface area contributed by atoms with Crippen LogP contribution in [0.3, 0.4) is 0 Å². The van der Waals surface area contributed by atoms with E-state index in [9.17, 15) is 0 Å². The van der Waals surface area contributed by atoms with E-state index in [1.807, 2.05) is 42.7 Å². The molecule has 43 heavy (non-hydrogen) atoms. The Kier molecular flexibility index (Phi) is 14.7. The van der Waals surface area contributed by atoms with Crippen LogP contribution in [0.5, 0.6) is 0 Å². The Hall–Kier alpha value is -4.96. The van der Waals surface area contributed by atoms with Crippen LogP contribution in [0.2, 0.25) is 0 Å². The van der Waals surface area contributed by atoms with Gasteiger partial charge in [-0.05, 0) is 47.5 Å². The van der Waals surface area contributed by atoms with Gasteiger partial charge >= 0.3 is 20.1 Å². The summed E-state index contributed by atoms with van der Waals surface area (Å²) in [6.45, 7) is 15.8. The number of carbonyl (C=O) groups excluding carboxylic acids is 3. The van der Waals surface area contributed by atoms with Gasteiger partial charge < -0.3 is 39.2 Å². The number of imidazole rings is 1. The largest absolute Gasteiger partial charge is 4.00 e. The van der Waals surface area contributed by atoms with Gasteiger partial charge in [0.2, 0.25) is 0 Å². The summed E-state index contributed by atoms with van der Waals surface area (Å²) in [7, 11) is 0. The molecule has 0 amide bonds. The zero-order chi connectivity index (χ0) is 30.2. The number of benzene rings is 1. The minimum Gasteiger partial charge on any atom is -0.573 e. The minimum atomic E-state index is 0. The Morgan fingerprint density at radius 1 is 0.651 bits per heavy atom. The smallest absolute Gasteiger partial charge is 0.573 e. The number of fused-ring (bicyclic) bond motifs is 1. The van der Waals surface area contributed by atoms with Crippen LogP contribution in [0, 0.1) is 0 Å². The molecule has 0 aliphatic heterocycles. The first-order valence-electron chi connectivity index (χ1n) is 12.5. The molecule has 0 saturated carbocycles. The number of H-pyrrole nitrogens is 1. The Bertz CT molecular complexity index is 1570. The second-order valence-electron chi connectivity index (χ2n) is 8.76. The van der Waals surface area contributed by atoms with Crippen LogP contribution in [-0.4, -0.2) is 54.8 Å². The van der Waals surface area contributed by atoms with Crippen LogP contribution >= 0.6 is 0 Å². The number of hydrogen-bond acceptors (Lipinski definition) is 8. The van der Waals surface area contributed by atoms with Gasteiger partial charge in [0.1, 0.15) is 5.65 Å². The second kappa shape index (κ2) is 18.5. The van der Waals surface area contributed by atoms with Crippen LogP contribution in [0.1, 0.15) is 17.0 Å². The van der Waals surface area contributed by atoms with Gasteiger partial charge in [0.25, 0.3) is 0 Å². The maximum absolute atomic E-state index is 7.50. The molecular formula is C32H25N7O3Tc+. The number of hydrogen-bond donors (Lipinski definition) is 1. The number of rotatable bonds is 8. The molecule has 10 nitrogen and oxygen atoms in total. The van der Waals surface area contributed by atoms with E-state index in [4.69, 9.17) is 19.4 Å². The van der Waals surface area contributed by atoms with Crippen molar-refractivity contribution in [3.63, 3.8) is 0 Å². The fourth-order valence-corrected chi connectivity index (χ4v) is 4.38. The number of aromatic nitrogens is 6. The summed E-state index contributed by atoms with van der Waals surface area (Å²) in [6, 6.07) is 26.6. The summed E-state index contributed by atoms with van der Waals surface area (Å²) in [5.74, 6) is 0. The minimum absolute atomic E-state index is 0. The van der Waals surface area contributed by atoms with Gasteiger partial charge in [-0.3, -0.25) is 20.0 Å². The van der Waals surface area contributed by atoms with Gasteiger partial charge in [-0.25, -0.2) is 4.98 Å². The Balaban J connectivity index is 0.000000870. The van der Waals surface area contributed by atoms with Crippen LogP contribution in [0.25, 0.3) is 28.2 Å². The summed E-state index contributed by atoms with van der Waals surface area (Å²) < 4.78 is 2.10. The zero-order valence-electron chi connectivity index (χ0n) is 22.8. The molecule has 1 N–H and O–H groups in total. The van der Waals surface area contributed by atoms with Gasteiger partial charge in [0, 0.05) is 56.2 Å². The van der Waals surface area contributed by atoms with Gasteiger partial charge in [-0.2, -0.15) is 5.10 Å². The SMILES string of the molecule is [C-]=O.[C-]=O.[C-]=O.[Tc+4].c1ccc(CN(Cc2ccc3nc(-c4ccc(-c5ccn[nH]5)cc4)cn3c2)Cc2ccccn2)nc1. The van der Waals surface area contributed by atoms with Crippen molar-refractivity contribution in [3.05, 3.63) is 127 Å². The summed E-state index contributed by atoms with van der Waals surface area (Å²) in [6.07, 6.45) is 9.70. The normalized spacial score (nSPS) is 9.79. The average Bonchev–Trinajstić information content (AvgIpc) is 3.76. The summed E-state index contributed by atoms with van der Waals surface area (Å²) >= 11 is 0. The van der Waals surface area contributed by atoms with Crippen molar-refractivity contribution in [2.45, 2.75) is 19.6 Å². The predicted molar refractivity (Wildman–Crippen MR) is 157 cm³/mol. The summed E-state index contributed by atoms with van der Waals surface area (Å²) in [5.41, 5.74) is 8.33. The number of nitrogens with zero attached hydrogens (tertiary/aromatic N) is 6. The maximum atomic E-state index is 7.50. The quantitative estimate of drug-likeness (QED) is 0.243. The fraction of sp³-hybridized carbons (Fsp3) is 0.0938. The Labute approximate surface area is 263 Å². The molecule has 0 fully saturated rings. The molecule has 1 aromatic carbocycles. The van der Waals surface area contributed by atoms with E-state index in [1.165, 1.54) is 5.56 Å². The third kappa shape index (κ3) is 9.54. The summed E-state index contributed by atoms with van der Waals surface area (Å²) in [5, 5.41) is 7.04. The number of pyridine rings is 3. The van der Waals surface area contributed by atoms with Crippen molar-refractivity contribution >= 4 is 26.0 Å². The predicted octanol–water partition coefficient (Wildman–Crippen LogP) is 4.19. The maximum Gasteiger partial charge on any atom is 4.00 e. The molecule has 212 valence electrons. The van der Waals surface area contributed by atoms with Crippen molar-refractivity contribution in [2.75, 3.05) is 0 Å². The van der Waals surface area contributed by atoms with Gasteiger partial charge in [0.15, 0.2) is 0 Å². The van der Waals surface area contributed by atoms with Crippen LogP contribution in [0.4, 0.5) is 0 Å². The standard InChI is InChI=1S/C29H25N7.3CO.Tc/c1-3-14-30-25(5-1)19-35(20-26-6-2-4-15-31-26)17-22-7-12-29-33-28(21-36(29)18-22)24-10-8-23(9-11-24)27-13-16-32-34-27;3*1-2;/h1-16,18,21H,17,19-20H2,(H,32,34);;;;/q;3*-1;+4. The molecule has 0 spiro atoms. The molecule has 11 heteroatoms. The van der Waals surface area contributed by atoms with E-state index in [-0.39, 0.29) is 20.1 Å².